The number of carbonyl (C=O) groups excluding carboxylic acids is 2. The van der Waals surface area contributed by atoms with Crippen LogP contribution in [0, 0.1) is 19.8 Å². The van der Waals surface area contributed by atoms with E-state index in [1.807, 2.05) is 52.0 Å². The number of aryl methyl sites for hydroxylation is 2. The molecule has 0 aliphatic rings. The van der Waals surface area contributed by atoms with E-state index in [1.54, 1.807) is 22.9 Å². The highest BCUT2D eigenvalue weighted by atomic mass is 16.2. The van der Waals surface area contributed by atoms with Crippen molar-refractivity contribution in [2.45, 2.75) is 33.7 Å². The van der Waals surface area contributed by atoms with Gasteiger partial charge in [0.2, 0.25) is 5.91 Å². The molecule has 8 heteroatoms. The zero-order valence-corrected chi connectivity index (χ0v) is 16.9. The third kappa shape index (κ3) is 4.84. The molecule has 0 saturated carbocycles. The average molecular weight is 392 g/mol. The van der Waals surface area contributed by atoms with Gasteiger partial charge in [-0.25, -0.2) is 4.68 Å². The van der Waals surface area contributed by atoms with Crippen molar-refractivity contribution in [2.75, 3.05) is 5.32 Å². The van der Waals surface area contributed by atoms with E-state index in [9.17, 15) is 9.59 Å². The molecule has 0 bridgehead atoms. The first kappa shape index (κ1) is 20.2. The highest BCUT2D eigenvalue weighted by molar-refractivity contribution is 6.01. The molecule has 0 radical (unpaired) electrons. The molecule has 2 aromatic carbocycles. The zero-order chi connectivity index (χ0) is 21.0. The molecule has 1 unspecified atom stereocenters. The number of aromatic nitrogens is 4. The van der Waals surface area contributed by atoms with Crippen molar-refractivity contribution in [1.29, 1.82) is 0 Å². The normalized spacial score (nSPS) is 11.9. The summed E-state index contributed by atoms with van der Waals surface area (Å²) in [6.07, 6.45) is 1.51. The standard InChI is InChI=1S/C21H24N6O2/c1-13(2)19(24-20(28)16-7-5-14(3)6-8-16)21(29)23-17-9-10-18(15(4)11-17)27-12-22-25-26-27/h5-13,19H,1-4H3,(H,23,29)(H,24,28). The Morgan fingerprint density at radius 2 is 1.76 bits per heavy atom. The molecule has 2 amide bonds. The van der Waals surface area contributed by atoms with Gasteiger partial charge in [0, 0.05) is 11.3 Å². The molecule has 8 nitrogen and oxygen atoms in total. The van der Waals surface area contributed by atoms with Crippen LogP contribution in [0.5, 0.6) is 0 Å². The molecule has 1 heterocycles. The summed E-state index contributed by atoms with van der Waals surface area (Å²) in [5.74, 6) is -0.620. The third-order valence-electron chi connectivity index (χ3n) is 4.61. The Bertz CT molecular complexity index is 997. The monoisotopic (exact) mass is 392 g/mol. The van der Waals surface area contributed by atoms with Crippen LogP contribution in [-0.4, -0.2) is 38.1 Å². The van der Waals surface area contributed by atoms with Crippen LogP contribution in [-0.2, 0) is 4.79 Å². The van der Waals surface area contributed by atoms with Gasteiger partial charge in [0.1, 0.15) is 12.4 Å². The fraction of sp³-hybridized carbons (Fsp3) is 0.286. The summed E-state index contributed by atoms with van der Waals surface area (Å²) in [5.41, 5.74) is 3.96. The van der Waals surface area contributed by atoms with Crippen molar-refractivity contribution in [3.8, 4) is 5.69 Å². The fourth-order valence-electron chi connectivity index (χ4n) is 2.95. The van der Waals surface area contributed by atoms with Crippen molar-refractivity contribution in [3.05, 3.63) is 65.5 Å². The predicted molar refractivity (Wildman–Crippen MR) is 110 cm³/mol. The van der Waals surface area contributed by atoms with E-state index in [0.717, 1.165) is 16.8 Å². The van der Waals surface area contributed by atoms with Crippen LogP contribution < -0.4 is 10.6 Å². The summed E-state index contributed by atoms with van der Waals surface area (Å²) >= 11 is 0. The lowest BCUT2D eigenvalue weighted by Gasteiger charge is -2.22. The quantitative estimate of drug-likeness (QED) is 0.671. The highest BCUT2D eigenvalue weighted by Gasteiger charge is 2.25. The van der Waals surface area contributed by atoms with E-state index in [0.29, 0.717) is 11.3 Å². The summed E-state index contributed by atoms with van der Waals surface area (Å²) < 4.78 is 1.56. The van der Waals surface area contributed by atoms with Crippen molar-refractivity contribution >= 4 is 17.5 Å². The maximum absolute atomic E-state index is 12.8. The Balaban J connectivity index is 1.72. The largest absolute Gasteiger partial charge is 0.340 e. The van der Waals surface area contributed by atoms with Gasteiger partial charge < -0.3 is 10.6 Å². The Morgan fingerprint density at radius 1 is 1.03 bits per heavy atom. The first-order valence-corrected chi connectivity index (χ1v) is 9.37. The molecule has 1 aromatic heterocycles. The van der Waals surface area contributed by atoms with Crippen LogP contribution in [0.3, 0.4) is 0 Å². The van der Waals surface area contributed by atoms with Gasteiger partial charge in [-0.15, -0.1) is 5.10 Å². The first-order valence-electron chi connectivity index (χ1n) is 9.37. The summed E-state index contributed by atoms with van der Waals surface area (Å²) in [6, 6.07) is 12.0. The lowest BCUT2D eigenvalue weighted by molar-refractivity contribution is -0.118. The second-order valence-corrected chi connectivity index (χ2v) is 7.31. The van der Waals surface area contributed by atoms with Crippen molar-refractivity contribution in [1.82, 2.24) is 25.5 Å². The Hall–Kier alpha value is -3.55. The minimum absolute atomic E-state index is 0.0778. The smallest absolute Gasteiger partial charge is 0.251 e. The second kappa shape index (κ2) is 8.64. The average Bonchev–Trinajstić information content (AvgIpc) is 3.20. The van der Waals surface area contributed by atoms with Crippen LogP contribution in [0.4, 0.5) is 5.69 Å². The van der Waals surface area contributed by atoms with Gasteiger partial charge in [0.15, 0.2) is 0 Å². The maximum Gasteiger partial charge on any atom is 0.251 e. The number of anilines is 1. The van der Waals surface area contributed by atoms with E-state index >= 15 is 0 Å². The molecule has 0 aliphatic heterocycles. The van der Waals surface area contributed by atoms with E-state index in [2.05, 4.69) is 26.2 Å². The summed E-state index contributed by atoms with van der Waals surface area (Å²) in [5, 5.41) is 16.9. The van der Waals surface area contributed by atoms with Gasteiger partial charge in [0.05, 0.1) is 5.69 Å². The maximum atomic E-state index is 12.8. The molecule has 3 aromatic rings. The number of rotatable bonds is 6. The van der Waals surface area contributed by atoms with Crippen LogP contribution >= 0.6 is 0 Å². The molecule has 1 atom stereocenters. The number of tetrazole rings is 1. The minimum atomic E-state index is -0.664. The topological polar surface area (TPSA) is 102 Å². The van der Waals surface area contributed by atoms with Crippen molar-refractivity contribution in [3.63, 3.8) is 0 Å². The van der Waals surface area contributed by atoms with Gasteiger partial charge in [-0.1, -0.05) is 31.5 Å². The number of amides is 2. The van der Waals surface area contributed by atoms with E-state index in [1.165, 1.54) is 6.33 Å². The van der Waals surface area contributed by atoms with Gasteiger partial charge in [-0.3, -0.25) is 9.59 Å². The molecule has 0 saturated heterocycles. The lowest BCUT2D eigenvalue weighted by atomic mass is 10.0. The molecule has 29 heavy (non-hydrogen) atoms. The molecule has 0 spiro atoms. The Kier molecular flexibility index (Phi) is 6.01. The van der Waals surface area contributed by atoms with Gasteiger partial charge in [-0.2, -0.15) is 0 Å². The SMILES string of the molecule is Cc1ccc(C(=O)NC(C(=O)Nc2ccc(-n3cnnn3)c(C)c2)C(C)C)cc1. The molecule has 2 N–H and O–H groups in total. The lowest BCUT2D eigenvalue weighted by Crippen LogP contribution is -2.47. The molecule has 150 valence electrons. The van der Waals surface area contributed by atoms with Crippen LogP contribution in [0.15, 0.2) is 48.8 Å². The van der Waals surface area contributed by atoms with E-state index in [-0.39, 0.29) is 17.7 Å². The Labute approximate surface area is 169 Å². The summed E-state index contributed by atoms with van der Waals surface area (Å²) in [4.78, 5) is 25.4. The third-order valence-corrected chi connectivity index (χ3v) is 4.61. The fourth-order valence-corrected chi connectivity index (χ4v) is 2.95. The van der Waals surface area contributed by atoms with Gasteiger partial charge >= 0.3 is 0 Å². The van der Waals surface area contributed by atoms with Crippen LogP contribution in [0.2, 0.25) is 0 Å². The number of nitrogens with zero attached hydrogens (tertiary/aromatic N) is 4. The van der Waals surface area contributed by atoms with Crippen LogP contribution in [0.1, 0.15) is 35.3 Å². The molecule has 3 rings (SSSR count). The van der Waals surface area contributed by atoms with E-state index < -0.39 is 6.04 Å². The van der Waals surface area contributed by atoms with Crippen molar-refractivity contribution < 1.29 is 9.59 Å². The number of carbonyl (C=O) groups is 2. The van der Waals surface area contributed by atoms with Gasteiger partial charge in [0.25, 0.3) is 5.91 Å². The van der Waals surface area contributed by atoms with Crippen LogP contribution in [0.25, 0.3) is 5.69 Å². The molecule has 0 fully saturated rings. The number of hydrogen-bond acceptors (Lipinski definition) is 5. The van der Waals surface area contributed by atoms with E-state index in [4.69, 9.17) is 0 Å². The number of nitrogens with one attached hydrogen (secondary N) is 2. The summed E-state index contributed by atoms with van der Waals surface area (Å²) in [6.45, 7) is 7.65. The first-order chi connectivity index (χ1) is 13.8. The number of hydrogen-bond donors (Lipinski definition) is 2. The van der Waals surface area contributed by atoms with Gasteiger partial charge in [-0.05, 0) is 66.1 Å². The highest BCUT2D eigenvalue weighted by Crippen LogP contribution is 2.18. The minimum Gasteiger partial charge on any atom is -0.340 e. The molecular weight excluding hydrogens is 368 g/mol. The zero-order valence-electron chi connectivity index (χ0n) is 16.9. The molecular formula is C21H24N6O2. The van der Waals surface area contributed by atoms with Crippen molar-refractivity contribution in [2.24, 2.45) is 5.92 Å². The number of benzene rings is 2. The second-order valence-electron chi connectivity index (χ2n) is 7.31. The Morgan fingerprint density at radius 3 is 2.34 bits per heavy atom. The predicted octanol–water partition coefficient (Wildman–Crippen LogP) is 2.67. The summed E-state index contributed by atoms with van der Waals surface area (Å²) in [7, 11) is 0. The molecule has 0 aliphatic carbocycles.